The van der Waals surface area contributed by atoms with Gasteiger partial charge in [-0.15, -0.1) is 0 Å². The molecule has 1 aliphatic carbocycles. The standard InChI is InChI=1S/C20H28N4O4/c1-14-9-11-24(23-14)12-10-21-19(25)15-3-5-16(6-4-15)22-20(26)18-8-7-17(28-18)13-27-2/h7-9,11,15-16H,3-6,10,12-13H2,1-2H3,(H,21,25)(H,22,26). The van der Waals surface area contributed by atoms with Crippen LogP contribution in [0.4, 0.5) is 0 Å². The maximum absolute atomic E-state index is 12.4. The molecular weight excluding hydrogens is 360 g/mol. The number of methoxy groups -OCH3 is 1. The van der Waals surface area contributed by atoms with Gasteiger partial charge in [0.15, 0.2) is 5.76 Å². The van der Waals surface area contributed by atoms with E-state index in [-0.39, 0.29) is 23.8 Å². The predicted molar refractivity (Wildman–Crippen MR) is 103 cm³/mol. The van der Waals surface area contributed by atoms with Crippen molar-refractivity contribution in [1.29, 1.82) is 0 Å². The van der Waals surface area contributed by atoms with Gasteiger partial charge in [-0.1, -0.05) is 0 Å². The summed E-state index contributed by atoms with van der Waals surface area (Å²) in [5.74, 6) is 0.789. The Morgan fingerprint density at radius 2 is 2.04 bits per heavy atom. The average Bonchev–Trinajstić information content (AvgIpc) is 3.32. The van der Waals surface area contributed by atoms with Crippen LogP contribution in [0.15, 0.2) is 28.8 Å². The zero-order valence-electron chi connectivity index (χ0n) is 16.4. The van der Waals surface area contributed by atoms with E-state index in [1.54, 1.807) is 19.2 Å². The molecule has 8 nitrogen and oxygen atoms in total. The van der Waals surface area contributed by atoms with Gasteiger partial charge in [0.2, 0.25) is 5.91 Å². The van der Waals surface area contributed by atoms with Crippen LogP contribution in [0.25, 0.3) is 0 Å². The highest BCUT2D eigenvalue weighted by Crippen LogP contribution is 2.25. The minimum absolute atomic E-state index is 0.00410. The van der Waals surface area contributed by atoms with Crippen molar-refractivity contribution in [2.45, 2.75) is 51.8 Å². The fourth-order valence-corrected chi connectivity index (χ4v) is 3.50. The van der Waals surface area contributed by atoms with E-state index >= 15 is 0 Å². The summed E-state index contributed by atoms with van der Waals surface area (Å²) in [5.41, 5.74) is 0.969. The first-order chi connectivity index (χ1) is 13.5. The molecule has 28 heavy (non-hydrogen) atoms. The molecule has 2 heterocycles. The molecule has 0 aliphatic heterocycles. The van der Waals surface area contributed by atoms with E-state index < -0.39 is 0 Å². The maximum Gasteiger partial charge on any atom is 0.287 e. The van der Waals surface area contributed by atoms with Crippen LogP contribution in [0.5, 0.6) is 0 Å². The summed E-state index contributed by atoms with van der Waals surface area (Å²) in [6.07, 6.45) is 5.02. The highest BCUT2D eigenvalue weighted by molar-refractivity contribution is 5.91. The number of aromatic nitrogens is 2. The van der Waals surface area contributed by atoms with E-state index in [1.165, 1.54) is 0 Å². The molecule has 0 bridgehead atoms. The molecule has 8 heteroatoms. The summed E-state index contributed by atoms with van der Waals surface area (Å²) in [6, 6.07) is 5.41. The molecule has 0 radical (unpaired) electrons. The Bertz CT molecular complexity index is 790. The zero-order chi connectivity index (χ0) is 19.9. The summed E-state index contributed by atoms with van der Waals surface area (Å²) < 4.78 is 12.3. The molecule has 0 atom stereocenters. The smallest absolute Gasteiger partial charge is 0.287 e. The summed E-state index contributed by atoms with van der Waals surface area (Å²) in [4.78, 5) is 24.6. The molecule has 152 valence electrons. The van der Waals surface area contributed by atoms with Crippen molar-refractivity contribution >= 4 is 11.8 Å². The lowest BCUT2D eigenvalue weighted by Gasteiger charge is -2.28. The second-order valence-electron chi connectivity index (χ2n) is 7.23. The van der Waals surface area contributed by atoms with Gasteiger partial charge in [-0.2, -0.15) is 5.10 Å². The van der Waals surface area contributed by atoms with Crippen molar-refractivity contribution in [3.8, 4) is 0 Å². The van der Waals surface area contributed by atoms with E-state index in [2.05, 4.69) is 15.7 Å². The Morgan fingerprint density at radius 3 is 2.71 bits per heavy atom. The Labute approximate surface area is 164 Å². The van der Waals surface area contributed by atoms with Gasteiger partial charge in [0, 0.05) is 31.8 Å². The van der Waals surface area contributed by atoms with E-state index in [1.807, 2.05) is 23.9 Å². The van der Waals surface area contributed by atoms with E-state index in [4.69, 9.17) is 9.15 Å². The van der Waals surface area contributed by atoms with Crippen LogP contribution < -0.4 is 10.6 Å². The molecule has 0 aromatic carbocycles. The molecule has 1 fully saturated rings. The summed E-state index contributed by atoms with van der Waals surface area (Å²) in [7, 11) is 1.58. The van der Waals surface area contributed by atoms with E-state index in [0.717, 1.165) is 31.4 Å². The number of nitrogens with zero attached hydrogens (tertiary/aromatic N) is 2. The van der Waals surface area contributed by atoms with Gasteiger partial charge < -0.3 is 19.8 Å². The number of nitrogens with one attached hydrogen (secondary N) is 2. The second kappa shape index (κ2) is 9.54. The van der Waals surface area contributed by atoms with Crippen LogP contribution in [0.2, 0.25) is 0 Å². The maximum atomic E-state index is 12.4. The molecule has 0 spiro atoms. The Morgan fingerprint density at radius 1 is 1.25 bits per heavy atom. The first-order valence-corrected chi connectivity index (χ1v) is 9.71. The van der Waals surface area contributed by atoms with Crippen LogP contribution >= 0.6 is 0 Å². The van der Waals surface area contributed by atoms with Crippen molar-refractivity contribution in [2.75, 3.05) is 13.7 Å². The summed E-state index contributed by atoms with van der Waals surface area (Å²) in [6.45, 7) is 3.52. The fourth-order valence-electron chi connectivity index (χ4n) is 3.50. The molecule has 1 aliphatic rings. The van der Waals surface area contributed by atoms with Gasteiger partial charge in [-0.05, 0) is 50.8 Å². The molecule has 0 unspecified atom stereocenters. The molecule has 1 saturated carbocycles. The molecule has 2 amide bonds. The van der Waals surface area contributed by atoms with Crippen molar-refractivity contribution in [1.82, 2.24) is 20.4 Å². The number of hydrogen-bond donors (Lipinski definition) is 2. The third-order valence-corrected chi connectivity index (χ3v) is 5.02. The topological polar surface area (TPSA) is 98.4 Å². The van der Waals surface area contributed by atoms with Crippen LogP contribution in [-0.4, -0.2) is 41.3 Å². The zero-order valence-corrected chi connectivity index (χ0v) is 16.4. The molecule has 2 aromatic heterocycles. The number of amides is 2. The molecule has 0 saturated heterocycles. The lowest BCUT2D eigenvalue weighted by atomic mass is 9.85. The van der Waals surface area contributed by atoms with Gasteiger partial charge in [0.05, 0.1) is 12.2 Å². The molecule has 3 rings (SSSR count). The van der Waals surface area contributed by atoms with Crippen LogP contribution in [-0.2, 0) is 22.7 Å². The van der Waals surface area contributed by atoms with Gasteiger partial charge in [-0.3, -0.25) is 14.3 Å². The average molecular weight is 388 g/mol. The second-order valence-corrected chi connectivity index (χ2v) is 7.23. The first-order valence-electron chi connectivity index (χ1n) is 9.71. The number of carbonyl (C=O) groups excluding carboxylic acids is 2. The SMILES string of the molecule is COCc1ccc(C(=O)NC2CCC(C(=O)NCCn3ccc(C)n3)CC2)o1. The Hall–Kier alpha value is -2.61. The first kappa shape index (κ1) is 20.1. The van der Waals surface area contributed by atoms with Gasteiger partial charge in [0.1, 0.15) is 12.4 Å². The minimum atomic E-state index is -0.218. The third-order valence-electron chi connectivity index (χ3n) is 5.02. The number of rotatable bonds is 8. The van der Waals surface area contributed by atoms with Crippen molar-refractivity contribution in [3.05, 3.63) is 41.6 Å². The minimum Gasteiger partial charge on any atom is -0.453 e. The van der Waals surface area contributed by atoms with Crippen LogP contribution in [0.1, 0.15) is 47.7 Å². The van der Waals surface area contributed by atoms with Gasteiger partial charge in [0.25, 0.3) is 5.91 Å². The van der Waals surface area contributed by atoms with Crippen molar-refractivity contribution in [2.24, 2.45) is 5.92 Å². The van der Waals surface area contributed by atoms with Gasteiger partial charge >= 0.3 is 0 Å². The summed E-state index contributed by atoms with van der Waals surface area (Å²) >= 11 is 0. The van der Waals surface area contributed by atoms with Crippen molar-refractivity contribution < 1.29 is 18.7 Å². The number of furan rings is 1. The lowest BCUT2D eigenvalue weighted by molar-refractivity contribution is -0.126. The Balaban J connectivity index is 1.37. The van der Waals surface area contributed by atoms with Crippen LogP contribution in [0, 0.1) is 12.8 Å². The molecule has 2 N–H and O–H groups in total. The third kappa shape index (κ3) is 5.45. The Kier molecular flexibility index (Phi) is 6.86. The largest absolute Gasteiger partial charge is 0.453 e. The number of aryl methyl sites for hydroxylation is 1. The highest BCUT2D eigenvalue weighted by Gasteiger charge is 2.27. The van der Waals surface area contributed by atoms with Crippen LogP contribution in [0.3, 0.4) is 0 Å². The fraction of sp³-hybridized carbons (Fsp3) is 0.550. The molecular formula is C20H28N4O4. The lowest BCUT2D eigenvalue weighted by Crippen LogP contribution is -2.41. The monoisotopic (exact) mass is 388 g/mol. The predicted octanol–water partition coefficient (Wildman–Crippen LogP) is 2.04. The summed E-state index contributed by atoms with van der Waals surface area (Å²) in [5, 5.41) is 10.3. The van der Waals surface area contributed by atoms with E-state index in [9.17, 15) is 9.59 Å². The van der Waals surface area contributed by atoms with Gasteiger partial charge in [-0.25, -0.2) is 0 Å². The number of ether oxygens (including phenoxy) is 1. The number of hydrogen-bond acceptors (Lipinski definition) is 5. The van der Waals surface area contributed by atoms with E-state index in [0.29, 0.717) is 31.2 Å². The van der Waals surface area contributed by atoms with Crippen molar-refractivity contribution in [3.63, 3.8) is 0 Å². The quantitative estimate of drug-likeness (QED) is 0.721. The normalized spacial score (nSPS) is 19.4. The molecule has 2 aromatic rings. The highest BCUT2D eigenvalue weighted by atomic mass is 16.5. The number of carbonyl (C=O) groups is 2.